The van der Waals surface area contributed by atoms with Crippen LogP contribution in [-0.2, 0) is 9.59 Å². The predicted molar refractivity (Wildman–Crippen MR) is 155 cm³/mol. The van der Waals surface area contributed by atoms with E-state index in [1.54, 1.807) is 24.1 Å². The lowest BCUT2D eigenvalue weighted by atomic mass is 10.0. The molecule has 0 saturated heterocycles. The Labute approximate surface area is 228 Å². The smallest absolute Gasteiger partial charge is 0.248 e. The van der Waals surface area contributed by atoms with E-state index in [0.717, 1.165) is 40.3 Å². The minimum Gasteiger partial charge on any atom is -0.313 e. The number of carbonyl (C=O) groups is 2. The molecule has 0 saturated carbocycles. The van der Waals surface area contributed by atoms with Crippen LogP contribution in [0.2, 0.25) is 10.0 Å². The van der Waals surface area contributed by atoms with E-state index in [0.29, 0.717) is 22.2 Å². The van der Waals surface area contributed by atoms with Crippen LogP contribution in [-0.4, -0.2) is 36.7 Å². The number of aliphatic imine (C=N–C) groups is 1. The number of unbranched alkanes of at least 4 members (excludes halogenated alkanes) is 1. The Morgan fingerprint density at radius 2 is 1.72 bits per heavy atom. The standard InChI is InChI=1S/C16H14N2O.C12H14Cl2OS.CH4/c1-18-14-10-6-5-9-13(14)16(17-11-15(18)19)12-7-3-2-4-8-12;1-2-3-4-10(15)8-16-12-6-5-9(13)7-11(12)14;/h2-10H,11H2,1H3;5-7H,2-4,8H2,1H3;1H4. The number of nitrogens with zero attached hydrogens (tertiary/aromatic N) is 2. The monoisotopic (exact) mass is 542 g/mol. The zero-order chi connectivity index (χ0) is 25.2. The number of amides is 1. The number of thioether (sulfide) groups is 1. The Bertz CT molecular complexity index is 1200. The van der Waals surface area contributed by atoms with Crippen molar-refractivity contribution >= 4 is 58.1 Å². The lowest BCUT2D eigenvalue weighted by Gasteiger charge is -2.17. The number of benzodiazepines with no additional fused rings is 1. The third-order valence-corrected chi connectivity index (χ3v) is 7.20. The molecule has 0 spiro atoms. The first-order chi connectivity index (χ1) is 16.9. The van der Waals surface area contributed by atoms with E-state index in [2.05, 4.69) is 11.9 Å². The first-order valence-corrected chi connectivity index (χ1v) is 13.2. The van der Waals surface area contributed by atoms with Crippen LogP contribution in [0.3, 0.4) is 0 Å². The molecule has 0 N–H and O–H groups in total. The first kappa shape index (κ1) is 29.6. The SMILES string of the molecule is C.CCCCC(=O)CSc1ccc(Cl)cc1Cl.CN1C(=O)CN=C(c2ccccc2)c2ccccc21. The number of benzene rings is 3. The van der Waals surface area contributed by atoms with E-state index in [4.69, 9.17) is 23.2 Å². The summed E-state index contributed by atoms with van der Waals surface area (Å²) in [6.07, 6.45) is 2.68. The van der Waals surface area contributed by atoms with Crippen LogP contribution in [0.1, 0.15) is 44.7 Å². The van der Waals surface area contributed by atoms with Gasteiger partial charge in [-0.05, 0) is 30.7 Å². The number of anilines is 1. The number of halogens is 2. The Balaban J connectivity index is 0.000000251. The highest BCUT2D eigenvalue weighted by Gasteiger charge is 2.21. The summed E-state index contributed by atoms with van der Waals surface area (Å²) in [5, 5.41) is 1.23. The molecule has 0 atom stereocenters. The lowest BCUT2D eigenvalue weighted by Crippen LogP contribution is -2.27. The first-order valence-electron chi connectivity index (χ1n) is 11.5. The number of rotatable bonds is 7. The molecule has 1 aliphatic rings. The number of hydrogen-bond acceptors (Lipinski definition) is 4. The maximum absolute atomic E-state index is 12.0. The molecule has 4 nitrogen and oxygen atoms in total. The third-order valence-electron chi connectivity index (χ3n) is 5.41. The van der Waals surface area contributed by atoms with Gasteiger partial charge >= 0.3 is 0 Å². The molecule has 190 valence electrons. The van der Waals surface area contributed by atoms with Crippen molar-refractivity contribution in [3.8, 4) is 0 Å². The molecule has 7 heteroatoms. The maximum atomic E-state index is 12.0. The van der Waals surface area contributed by atoms with Crippen molar-refractivity contribution in [2.75, 3.05) is 24.2 Å². The van der Waals surface area contributed by atoms with Crippen molar-refractivity contribution in [3.05, 3.63) is 94.0 Å². The van der Waals surface area contributed by atoms with Crippen molar-refractivity contribution in [2.24, 2.45) is 4.99 Å². The van der Waals surface area contributed by atoms with Crippen LogP contribution in [0.15, 0.2) is 82.7 Å². The summed E-state index contributed by atoms with van der Waals surface area (Å²) >= 11 is 13.3. The molecule has 0 aliphatic carbocycles. The number of carbonyl (C=O) groups excluding carboxylic acids is 2. The molecule has 0 unspecified atom stereocenters. The van der Waals surface area contributed by atoms with E-state index >= 15 is 0 Å². The molecule has 1 heterocycles. The Kier molecular flexibility index (Phi) is 12.2. The molecule has 0 bridgehead atoms. The quantitative estimate of drug-likeness (QED) is 0.284. The molecular formula is C29H32Cl2N2O2S. The number of fused-ring (bicyclic) bond motifs is 1. The molecule has 1 aliphatic heterocycles. The van der Waals surface area contributed by atoms with Crippen molar-refractivity contribution < 1.29 is 9.59 Å². The van der Waals surface area contributed by atoms with E-state index in [9.17, 15) is 9.59 Å². The van der Waals surface area contributed by atoms with Crippen LogP contribution < -0.4 is 4.90 Å². The second-order valence-electron chi connectivity index (χ2n) is 8.01. The lowest BCUT2D eigenvalue weighted by molar-refractivity contribution is -0.117. The van der Waals surface area contributed by atoms with Gasteiger partial charge < -0.3 is 4.90 Å². The molecule has 3 aromatic rings. The topological polar surface area (TPSA) is 49.7 Å². The molecule has 0 radical (unpaired) electrons. The third kappa shape index (κ3) is 8.22. The normalized spacial score (nSPS) is 12.4. The highest BCUT2D eigenvalue weighted by atomic mass is 35.5. The largest absolute Gasteiger partial charge is 0.313 e. The number of hydrogen-bond donors (Lipinski definition) is 0. The molecule has 3 aromatic carbocycles. The Morgan fingerprint density at radius 3 is 2.42 bits per heavy atom. The summed E-state index contributed by atoms with van der Waals surface area (Å²) < 4.78 is 0. The average molecular weight is 544 g/mol. The molecule has 1 amide bonds. The minimum absolute atomic E-state index is 0. The van der Waals surface area contributed by atoms with Gasteiger partial charge in [0.05, 0.1) is 22.2 Å². The van der Waals surface area contributed by atoms with E-state index in [1.807, 2.05) is 60.7 Å². The second-order valence-corrected chi connectivity index (χ2v) is 9.87. The molecular weight excluding hydrogens is 511 g/mol. The summed E-state index contributed by atoms with van der Waals surface area (Å²) in [6, 6.07) is 23.2. The zero-order valence-corrected chi connectivity index (χ0v) is 22.2. The number of para-hydroxylation sites is 1. The fourth-order valence-corrected chi connectivity index (χ4v) is 4.87. The number of Topliss-reactive ketones (excluding diaryl/α,β-unsaturated/α-hetero) is 1. The number of likely N-dealkylation sites (N-methyl/N-ethyl adjacent to an activating group) is 1. The van der Waals surface area contributed by atoms with Crippen molar-refractivity contribution in [2.45, 2.75) is 38.5 Å². The fraction of sp³-hybridized carbons (Fsp3) is 0.276. The summed E-state index contributed by atoms with van der Waals surface area (Å²) in [6.45, 7) is 2.27. The van der Waals surface area contributed by atoms with E-state index in [1.165, 1.54) is 11.8 Å². The molecule has 0 fully saturated rings. The van der Waals surface area contributed by atoms with E-state index < -0.39 is 0 Å². The summed E-state index contributed by atoms with van der Waals surface area (Å²) in [5.74, 6) is 0.776. The fourth-order valence-electron chi connectivity index (χ4n) is 3.48. The van der Waals surface area contributed by atoms with Gasteiger partial charge in [-0.3, -0.25) is 14.6 Å². The maximum Gasteiger partial charge on any atom is 0.248 e. The van der Waals surface area contributed by atoms with Crippen LogP contribution in [0.4, 0.5) is 5.69 Å². The van der Waals surface area contributed by atoms with Gasteiger partial charge in [0, 0.05) is 34.5 Å². The van der Waals surface area contributed by atoms with Crippen LogP contribution >= 0.6 is 35.0 Å². The Hall–Kier alpha value is -2.60. The van der Waals surface area contributed by atoms with Gasteiger partial charge in [-0.2, -0.15) is 0 Å². The second kappa shape index (κ2) is 14.8. The van der Waals surface area contributed by atoms with Gasteiger partial charge in [0.25, 0.3) is 0 Å². The summed E-state index contributed by atoms with van der Waals surface area (Å²) in [4.78, 5) is 30.5. The van der Waals surface area contributed by atoms with Crippen LogP contribution in [0.25, 0.3) is 0 Å². The van der Waals surface area contributed by atoms with Crippen molar-refractivity contribution in [1.82, 2.24) is 0 Å². The van der Waals surface area contributed by atoms with E-state index in [-0.39, 0.29) is 25.7 Å². The molecule has 4 rings (SSSR count). The predicted octanol–water partition coefficient (Wildman–Crippen LogP) is 7.98. The van der Waals surface area contributed by atoms with Gasteiger partial charge in [0.2, 0.25) is 5.91 Å². The number of ketones is 1. The van der Waals surface area contributed by atoms with Gasteiger partial charge in [-0.15, -0.1) is 11.8 Å². The molecule has 0 aromatic heterocycles. The Morgan fingerprint density at radius 1 is 1.03 bits per heavy atom. The van der Waals surface area contributed by atoms with Crippen LogP contribution in [0.5, 0.6) is 0 Å². The van der Waals surface area contributed by atoms with Crippen molar-refractivity contribution in [1.29, 1.82) is 0 Å². The van der Waals surface area contributed by atoms with Gasteiger partial charge in [0.1, 0.15) is 12.3 Å². The highest BCUT2D eigenvalue weighted by molar-refractivity contribution is 8.00. The molecule has 36 heavy (non-hydrogen) atoms. The zero-order valence-electron chi connectivity index (χ0n) is 19.8. The van der Waals surface area contributed by atoms with Gasteiger partial charge in [-0.1, -0.05) is 92.5 Å². The van der Waals surface area contributed by atoms with Gasteiger partial charge in [0.15, 0.2) is 0 Å². The highest BCUT2D eigenvalue weighted by Crippen LogP contribution is 2.30. The minimum atomic E-state index is 0. The van der Waals surface area contributed by atoms with Crippen molar-refractivity contribution in [3.63, 3.8) is 0 Å². The van der Waals surface area contributed by atoms with Gasteiger partial charge in [-0.25, -0.2) is 0 Å². The van der Waals surface area contributed by atoms with Crippen LogP contribution in [0, 0.1) is 0 Å². The summed E-state index contributed by atoms with van der Waals surface area (Å²) in [5.41, 5.74) is 3.83. The average Bonchev–Trinajstić information content (AvgIpc) is 2.99. The summed E-state index contributed by atoms with van der Waals surface area (Å²) in [7, 11) is 1.80.